The molecule has 2 rings (SSSR count). The number of phenolic OH excluding ortho intramolecular Hbond substituents is 2. The lowest BCUT2D eigenvalue weighted by atomic mass is 10.1. The number of nitrogens with one attached hydrogen (secondary N) is 2. The van der Waals surface area contributed by atoms with Crippen LogP contribution in [0.15, 0.2) is 36.4 Å². The van der Waals surface area contributed by atoms with Crippen molar-refractivity contribution in [1.29, 1.82) is 0 Å². The van der Waals surface area contributed by atoms with Crippen molar-refractivity contribution in [2.24, 2.45) is 0 Å². The Kier molecular flexibility index (Phi) is 14.4. The Morgan fingerprint density at radius 1 is 0.684 bits per heavy atom. The summed E-state index contributed by atoms with van der Waals surface area (Å²) in [5.74, 6) is 0.803. The summed E-state index contributed by atoms with van der Waals surface area (Å²) in [6.07, 6.45) is 4.67. The lowest BCUT2D eigenvalue weighted by Gasteiger charge is -2.08. The van der Waals surface area contributed by atoms with Crippen LogP contribution in [0.1, 0.15) is 36.8 Å². The van der Waals surface area contributed by atoms with Crippen molar-refractivity contribution in [3.05, 3.63) is 47.5 Å². The number of rotatable bonds is 19. The highest BCUT2D eigenvalue weighted by Crippen LogP contribution is 2.27. The number of hydrogen-bond donors (Lipinski definition) is 6. The maximum atomic E-state index is 12.1. The van der Waals surface area contributed by atoms with E-state index in [1.165, 1.54) is 26.4 Å². The second-order valence-corrected chi connectivity index (χ2v) is 9.21. The van der Waals surface area contributed by atoms with Crippen molar-refractivity contribution >= 4 is 11.8 Å². The van der Waals surface area contributed by atoms with Crippen LogP contribution in [0.2, 0.25) is 0 Å². The van der Waals surface area contributed by atoms with Gasteiger partial charge in [0.2, 0.25) is 11.8 Å². The Labute approximate surface area is 225 Å². The van der Waals surface area contributed by atoms with Gasteiger partial charge in [-0.2, -0.15) is 0 Å². The first-order valence-electron chi connectivity index (χ1n) is 13.3. The number of carbonyl (C=O) groups excluding carboxylic acids is 2. The third kappa shape index (κ3) is 12.2. The molecule has 0 radical (unpaired) electrons. The van der Waals surface area contributed by atoms with Gasteiger partial charge in [0.25, 0.3) is 0 Å². The Morgan fingerprint density at radius 3 is 1.47 bits per heavy atom. The first-order valence-corrected chi connectivity index (χ1v) is 13.3. The molecule has 0 spiro atoms. The summed E-state index contributed by atoms with van der Waals surface area (Å²) >= 11 is 0. The number of aromatic hydroxyl groups is 2. The number of phenols is 2. The highest BCUT2D eigenvalue weighted by molar-refractivity contribution is 5.79. The molecule has 38 heavy (non-hydrogen) atoms. The average molecular weight is 533 g/mol. The van der Waals surface area contributed by atoms with Crippen LogP contribution in [0.5, 0.6) is 23.0 Å². The van der Waals surface area contributed by atoms with E-state index in [9.17, 15) is 19.8 Å². The topological polar surface area (TPSA) is 150 Å². The lowest BCUT2D eigenvalue weighted by Crippen LogP contribution is -2.86. The van der Waals surface area contributed by atoms with Crippen molar-refractivity contribution in [2.75, 3.05) is 53.5 Å². The number of nitrogens with two attached hydrogens (primary N) is 2. The third-order valence-electron chi connectivity index (χ3n) is 6.10. The lowest BCUT2D eigenvalue weighted by molar-refractivity contribution is -0.664. The van der Waals surface area contributed by atoms with Gasteiger partial charge in [0.1, 0.15) is 0 Å². The first kappa shape index (κ1) is 30.7. The van der Waals surface area contributed by atoms with Crippen molar-refractivity contribution in [3.8, 4) is 23.0 Å². The molecule has 0 saturated carbocycles. The normalized spacial score (nSPS) is 10.7. The van der Waals surface area contributed by atoms with E-state index in [0.717, 1.165) is 63.0 Å². The van der Waals surface area contributed by atoms with Crippen LogP contribution in [-0.2, 0) is 22.4 Å². The molecule has 0 aliphatic carbocycles. The van der Waals surface area contributed by atoms with Crippen molar-refractivity contribution in [2.45, 2.75) is 38.5 Å². The van der Waals surface area contributed by atoms with Gasteiger partial charge in [-0.3, -0.25) is 9.59 Å². The molecule has 0 fully saturated rings. The predicted octanol–water partition coefficient (Wildman–Crippen LogP) is -0.180. The summed E-state index contributed by atoms with van der Waals surface area (Å²) in [4.78, 5) is 24.2. The fourth-order valence-corrected chi connectivity index (χ4v) is 3.97. The zero-order chi connectivity index (χ0) is 27.6. The van der Waals surface area contributed by atoms with Gasteiger partial charge in [0, 0.05) is 38.8 Å². The monoisotopic (exact) mass is 532 g/mol. The van der Waals surface area contributed by atoms with Gasteiger partial charge < -0.3 is 41.0 Å². The second-order valence-electron chi connectivity index (χ2n) is 9.21. The summed E-state index contributed by atoms with van der Waals surface area (Å²) in [5.41, 5.74) is 1.61. The summed E-state index contributed by atoms with van der Waals surface area (Å²) in [6, 6.07) is 9.87. The van der Waals surface area contributed by atoms with Crippen LogP contribution in [-0.4, -0.2) is 75.5 Å². The van der Waals surface area contributed by atoms with Gasteiger partial charge in [0.05, 0.1) is 53.2 Å². The van der Waals surface area contributed by atoms with E-state index < -0.39 is 0 Å². The average Bonchev–Trinajstić information content (AvgIpc) is 2.91. The molecule has 10 heteroatoms. The summed E-state index contributed by atoms with van der Waals surface area (Å²) in [6.45, 7) is 5.41. The smallest absolute Gasteiger partial charge is 0.224 e. The fraction of sp³-hybridized carbons (Fsp3) is 0.500. The van der Waals surface area contributed by atoms with Crippen LogP contribution in [0.3, 0.4) is 0 Å². The molecule has 2 amide bonds. The second kappa shape index (κ2) is 17.9. The minimum Gasteiger partial charge on any atom is -0.504 e. The molecule has 0 aliphatic heterocycles. The summed E-state index contributed by atoms with van der Waals surface area (Å²) in [5, 5.41) is 29.7. The maximum Gasteiger partial charge on any atom is 0.224 e. The number of unbranched alkanes of at least 4 members (excludes halogenated alkanes) is 1. The van der Waals surface area contributed by atoms with E-state index in [1.807, 2.05) is 0 Å². The number of amides is 2. The van der Waals surface area contributed by atoms with Gasteiger partial charge >= 0.3 is 0 Å². The largest absolute Gasteiger partial charge is 0.504 e. The van der Waals surface area contributed by atoms with Gasteiger partial charge in [-0.1, -0.05) is 12.1 Å². The van der Waals surface area contributed by atoms with Crippen molar-refractivity contribution in [1.82, 2.24) is 10.6 Å². The zero-order valence-electron chi connectivity index (χ0n) is 22.6. The molecule has 0 atom stereocenters. The van der Waals surface area contributed by atoms with E-state index in [1.54, 1.807) is 24.3 Å². The predicted molar refractivity (Wildman–Crippen MR) is 145 cm³/mol. The van der Waals surface area contributed by atoms with Crippen LogP contribution in [0.4, 0.5) is 0 Å². The maximum absolute atomic E-state index is 12.1. The molecular formula is C28H44N4O6+2. The van der Waals surface area contributed by atoms with E-state index in [4.69, 9.17) is 9.47 Å². The zero-order valence-corrected chi connectivity index (χ0v) is 22.6. The van der Waals surface area contributed by atoms with E-state index >= 15 is 0 Å². The van der Waals surface area contributed by atoms with Crippen molar-refractivity contribution in [3.63, 3.8) is 0 Å². The summed E-state index contributed by atoms with van der Waals surface area (Å²) < 4.78 is 10.1. The molecule has 0 aromatic heterocycles. The highest BCUT2D eigenvalue weighted by atomic mass is 16.5. The van der Waals surface area contributed by atoms with Gasteiger partial charge in [-0.15, -0.1) is 0 Å². The Balaban J connectivity index is 1.37. The third-order valence-corrected chi connectivity index (χ3v) is 6.10. The minimum absolute atomic E-state index is 0.0362. The molecule has 0 aliphatic rings. The highest BCUT2D eigenvalue weighted by Gasteiger charge is 2.08. The molecule has 210 valence electrons. The van der Waals surface area contributed by atoms with Crippen LogP contribution < -0.4 is 30.7 Å². The number of benzene rings is 2. The van der Waals surface area contributed by atoms with Crippen LogP contribution in [0, 0.1) is 0 Å². The Bertz CT molecular complexity index is 922. The van der Waals surface area contributed by atoms with Gasteiger partial charge in [-0.25, -0.2) is 0 Å². The molecule has 0 bridgehead atoms. The molecule has 2 aromatic carbocycles. The SMILES string of the molecule is COc1cc(CC(=O)NCCC[NH2+]CCCC[NH2+]CCCNC(=O)Cc2ccc(O)c(OC)c2)ccc1O. The molecule has 0 unspecified atom stereocenters. The Hall–Kier alpha value is -3.50. The van der Waals surface area contributed by atoms with E-state index in [-0.39, 0.29) is 36.2 Å². The standard InChI is InChI=1S/C28H42N4O6/c1-37-25-17-21(7-9-23(25)33)19-27(35)31-15-5-13-29-11-3-4-12-30-14-6-16-32-28(36)20-22-8-10-24(34)26(18-22)38-2/h7-10,17-18,29-30,33-34H,3-6,11-16,19-20H2,1-2H3,(H,31,35)(H,32,36)/p+2. The number of hydrogen-bond acceptors (Lipinski definition) is 6. The molecule has 10 nitrogen and oxygen atoms in total. The van der Waals surface area contributed by atoms with E-state index in [0.29, 0.717) is 24.6 Å². The van der Waals surface area contributed by atoms with Crippen molar-refractivity contribution < 1.29 is 39.9 Å². The van der Waals surface area contributed by atoms with Crippen LogP contribution in [0.25, 0.3) is 0 Å². The number of quaternary nitrogens is 2. The minimum atomic E-state index is -0.0362. The molecule has 0 heterocycles. The van der Waals surface area contributed by atoms with E-state index in [2.05, 4.69) is 21.3 Å². The van der Waals surface area contributed by atoms with Gasteiger partial charge in [0.15, 0.2) is 23.0 Å². The number of methoxy groups -OCH3 is 2. The molecule has 0 saturated heterocycles. The Morgan fingerprint density at radius 2 is 1.08 bits per heavy atom. The van der Waals surface area contributed by atoms with Crippen LogP contribution >= 0.6 is 0 Å². The summed E-state index contributed by atoms with van der Waals surface area (Å²) in [7, 11) is 2.97. The molecular weight excluding hydrogens is 488 g/mol. The molecule has 2 aromatic rings. The van der Waals surface area contributed by atoms with Gasteiger partial charge in [-0.05, 0) is 35.4 Å². The quantitative estimate of drug-likeness (QED) is 0.138. The molecule has 8 N–H and O–H groups in total. The number of ether oxygens (including phenoxy) is 2. The first-order chi connectivity index (χ1) is 18.4. The number of carbonyl (C=O) groups is 2. The fourth-order valence-electron chi connectivity index (χ4n) is 3.97.